The number of pyridine rings is 1. The number of nitrogen functional groups attached to an aromatic ring is 1. The number of fused-ring (bicyclic) bond motifs is 1. The van der Waals surface area contributed by atoms with E-state index in [4.69, 9.17) is 15.2 Å². The van der Waals surface area contributed by atoms with Crippen molar-refractivity contribution in [3.8, 4) is 11.5 Å². The Hall–Kier alpha value is -5.49. The van der Waals surface area contributed by atoms with Crippen LogP contribution >= 0.6 is 0 Å². The van der Waals surface area contributed by atoms with Crippen molar-refractivity contribution in [2.24, 2.45) is 0 Å². The van der Waals surface area contributed by atoms with Gasteiger partial charge in [-0.25, -0.2) is 0 Å². The summed E-state index contributed by atoms with van der Waals surface area (Å²) >= 11 is 0. The van der Waals surface area contributed by atoms with Crippen molar-refractivity contribution in [2.75, 3.05) is 10.6 Å². The van der Waals surface area contributed by atoms with E-state index >= 15 is 0 Å². The molecule has 0 saturated heterocycles. The predicted octanol–water partition coefficient (Wildman–Crippen LogP) is 8.09. The maximum absolute atomic E-state index is 12.2. The number of anilines is 2. The van der Waals surface area contributed by atoms with Crippen LogP contribution in [0, 0.1) is 13.8 Å². The number of para-hydroxylation sites is 2. The highest BCUT2D eigenvalue weighted by atomic mass is 16.5. The Morgan fingerprint density at radius 1 is 0.644 bits per heavy atom. The first-order chi connectivity index (χ1) is 21.9. The number of rotatable bonds is 11. The second-order valence-electron chi connectivity index (χ2n) is 11.5. The number of nitrogens with one attached hydrogen (secondary N) is 1. The van der Waals surface area contributed by atoms with Gasteiger partial charge in [0, 0.05) is 40.8 Å². The van der Waals surface area contributed by atoms with E-state index in [0.717, 1.165) is 50.3 Å². The molecule has 0 spiro atoms. The summed E-state index contributed by atoms with van der Waals surface area (Å²) in [6.07, 6.45) is 0. The SMILES string of the molecule is Cc1cccc(COc2ccccc2CN(Cc2ccccc2OCc2cccc(C)c2)c2ccc3[nH]c(=O)c(N)cc3c2)c1. The maximum Gasteiger partial charge on any atom is 0.271 e. The second kappa shape index (κ2) is 13.4. The molecule has 6 nitrogen and oxygen atoms in total. The zero-order valence-corrected chi connectivity index (χ0v) is 25.6. The van der Waals surface area contributed by atoms with Gasteiger partial charge in [-0.2, -0.15) is 0 Å². The number of nitrogens with zero attached hydrogens (tertiary/aromatic N) is 1. The zero-order valence-electron chi connectivity index (χ0n) is 25.6. The van der Waals surface area contributed by atoms with Crippen LogP contribution in [-0.4, -0.2) is 4.98 Å². The van der Waals surface area contributed by atoms with Crippen LogP contribution < -0.4 is 25.7 Å². The summed E-state index contributed by atoms with van der Waals surface area (Å²) in [5.41, 5.74) is 14.4. The lowest BCUT2D eigenvalue weighted by Gasteiger charge is -2.27. The Morgan fingerprint density at radius 3 is 1.76 bits per heavy atom. The average Bonchev–Trinajstić information content (AvgIpc) is 3.04. The molecule has 0 aliphatic rings. The number of aromatic nitrogens is 1. The van der Waals surface area contributed by atoms with E-state index in [2.05, 4.69) is 90.5 Å². The Kier molecular flexibility index (Phi) is 8.83. The highest BCUT2D eigenvalue weighted by molar-refractivity contribution is 5.84. The monoisotopic (exact) mass is 595 g/mol. The number of hydrogen-bond donors (Lipinski definition) is 2. The van der Waals surface area contributed by atoms with Crippen molar-refractivity contribution in [3.63, 3.8) is 0 Å². The Balaban J connectivity index is 1.32. The first-order valence-electron chi connectivity index (χ1n) is 15.1. The fourth-order valence-electron chi connectivity index (χ4n) is 5.53. The van der Waals surface area contributed by atoms with Crippen molar-refractivity contribution >= 4 is 22.3 Å². The lowest BCUT2D eigenvalue weighted by atomic mass is 10.1. The van der Waals surface area contributed by atoms with Crippen LogP contribution in [0.25, 0.3) is 10.9 Å². The molecule has 0 radical (unpaired) electrons. The van der Waals surface area contributed by atoms with Crippen molar-refractivity contribution in [3.05, 3.63) is 165 Å². The Labute approximate surface area is 263 Å². The van der Waals surface area contributed by atoms with Crippen molar-refractivity contribution in [2.45, 2.75) is 40.2 Å². The van der Waals surface area contributed by atoms with Crippen LogP contribution in [0.4, 0.5) is 11.4 Å². The molecule has 0 aliphatic heterocycles. The lowest BCUT2D eigenvalue weighted by Crippen LogP contribution is -2.23. The molecule has 0 saturated carbocycles. The van der Waals surface area contributed by atoms with Gasteiger partial charge in [0.05, 0.1) is 5.69 Å². The van der Waals surface area contributed by atoms with Gasteiger partial charge in [0.25, 0.3) is 5.56 Å². The molecule has 1 heterocycles. The number of H-pyrrole nitrogens is 1. The third-order valence-electron chi connectivity index (χ3n) is 7.84. The second-order valence-corrected chi connectivity index (χ2v) is 11.5. The standard InChI is InChI=1S/C39H37N3O3/c1-27-9-7-11-29(19-27)25-44-37-15-5-3-13-31(37)23-42(34-17-18-36-33(21-34)22-35(40)39(43)41-36)24-32-14-4-6-16-38(32)45-26-30-12-8-10-28(2)20-30/h3-22H,23-26,40H2,1-2H3,(H,41,43). The number of benzene rings is 5. The number of aromatic amines is 1. The van der Waals surface area contributed by atoms with Gasteiger partial charge < -0.3 is 25.1 Å². The molecule has 45 heavy (non-hydrogen) atoms. The molecular formula is C39H37N3O3. The van der Waals surface area contributed by atoms with Gasteiger partial charge in [0.2, 0.25) is 0 Å². The molecule has 0 unspecified atom stereocenters. The maximum atomic E-state index is 12.2. The first-order valence-corrected chi connectivity index (χ1v) is 15.1. The van der Waals surface area contributed by atoms with Crippen LogP contribution in [0.15, 0.2) is 126 Å². The number of aryl methyl sites for hydroxylation is 2. The van der Waals surface area contributed by atoms with Crippen LogP contribution in [0.2, 0.25) is 0 Å². The molecule has 6 aromatic rings. The molecule has 226 valence electrons. The average molecular weight is 596 g/mol. The van der Waals surface area contributed by atoms with Gasteiger partial charge in [0.15, 0.2) is 0 Å². The zero-order chi connectivity index (χ0) is 31.2. The molecule has 1 aromatic heterocycles. The highest BCUT2D eigenvalue weighted by Crippen LogP contribution is 2.30. The highest BCUT2D eigenvalue weighted by Gasteiger charge is 2.16. The number of nitrogens with two attached hydrogens (primary N) is 1. The molecule has 6 rings (SSSR count). The third-order valence-corrected chi connectivity index (χ3v) is 7.84. The summed E-state index contributed by atoms with van der Waals surface area (Å²) in [6.45, 7) is 6.31. The van der Waals surface area contributed by atoms with E-state index in [9.17, 15) is 4.79 Å². The molecule has 0 fully saturated rings. The normalized spacial score (nSPS) is 11.0. The van der Waals surface area contributed by atoms with Crippen LogP contribution in [-0.2, 0) is 26.3 Å². The number of hydrogen-bond acceptors (Lipinski definition) is 5. The molecular weight excluding hydrogens is 558 g/mol. The Bertz CT molecular complexity index is 1900. The van der Waals surface area contributed by atoms with Crippen LogP contribution in [0.1, 0.15) is 33.4 Å². The quantitative estimate of drug-likeness (QED) is 0.158. The number of ether oxygens (including phenoxy) is 2. The van der Waals surface area contributed by atoms with Crippen molar-refractivity contribution in [1.82, 2.24) is 4.98 Å². The smallest absolute Gasteiger partial charge is 0.271 e. The summed E-state index contributed by atoms with van der Waals surface area (Å²) in [7, 11) is 0. The minimum Gasteiger partial charge on any atom is -0.489 e. The largest absolute Gasteiger partial charge is 0.489 e. The van der Waals surface area contributed by atoms with Crippen molar-refractivity contribution < 1.29 is 9.47 Å². The van der Waals surface area contributed by atoms with E-state index in [1.807, 2.05) is 48.5 Å². The molecule has 3 N–H and O–H groups in total. The minimum atomic E-state index is -0.286. The molecule has 0 atom stereocenters. The molecule has 6 heteroatoms. The molecule has 0 aliphatic carbocycles. The fraction of sp³-hybridized carbons (Fsp3) is 0.154. The van der Waals surface area contributed by atoms with E-state index in [1.54, 1.807) is 6.07 Å². The van der Waals surface area contributed by atoms with Gasteiger partial charge >= 0.3 is 0 Å². The molecule has 0 bridgehead atoms. The Morgan fingerprint density at radius 2 is 1.20 bits per heavy atom. The summed E-state index contributed by atoms with van der Waals surface area (Å²) < 4.78 is 12.8. The first kappa shape index (κ1) is 29.6. The minimum absolute atomic E-state index is 0.191. The molecule has 5 aromatic carbocycles. The summed E-state index contributed by atoms with van der Waals surface area (Å²) in [4.78, 5) is 17.3. The van der Waals surface area contributed by atoms with Gasteiger partial charge in [-0.1, -0.05) is 96.1 Å². The van der Waals surface area contributed by atoms with E-state index in [0.29, 0.717) is 26.3 Å². The van der Waals surface area contributed by atoms with Crippen LogP contribution in [0.5, 0.6) is 11.5 Å². The van der Waals surface area contributed by atoms with Gasteiger partial charge in [0.1, 0.15) is 24.7 Å². The van der Waals surface area contributed by atoms with Gasteiger partial charge in [-0.05, 0) is 61.4 Å². The fourth-order valence-corrected chi connectivity index (χ4v) is 5.53. The summed E-state index contributed by atoms with van der Waals surface area (Å²) in [5.74, 6) is 1.67. The third kappa shape index (κ3) is 7.36. The van der Waals surface area contributed by atoms with Gasteiger partial charge in [-0.3, -0.25) is 4.79 Å². The molecule has 0 amide bonds. The van der Waals surface area contributed by atoms with Gasteiger partial charge in [-0.15, -0.1) is 0 Å². The van der Waals surface area contributed by atoms with E-state index in [-0.39, 0.29) is 11.2 Å². The van der Waals surface area contributed by atoms with E-state index in [1.165, 1.54) is 11.1 Å². The lowest BCUT2D eigenvalue weighted by molar-refractivity contribution is 0.301. The predicted molar refractivity (Wildman–Crippen MR) is 183 cm³/mol. The summed E-state index contributed by atoms with van der Waals surface area (Å²) in [6, 6.07) is 40.8. The topological polar surface area (TPSA) is 80.6 Å². The summed E-state index contributed by atoms with van der Waals surface area (Å²) in [5, 5.41) is 0.863. The van der Waals surface area contributed by atoms with E-state index < -0.39 is 0 Å². The van der Waals surface area contributed by atoms with Crippen LogP contribution in [0.3, 0.4) is 0 Å². The van der Waals surface area contributed by atoms with Crippen molar-refractivity contribution in [1.29, 1.82) is 0 Å².